The number of rotatable bonds is 5. The molecule has 25 heavy (non-hydrogen) atoms. The first kappa shape index (κ1) is 17.6. The van der Waals surface area contributed by atoms with Crippen molar-refractivity contribution in [1.82, 2.24) is 4.57 Å². The van der Waals surface area contributed by atoms with Gasteiger partial charge in [0.1, 0.15) is 0 Å². The molecule has 3 rings (SSSR count). The molecule has 0 saturated carbocycles. The van der Waals surface area contributed by atoms with Gasteiger partial charge in [-0.3, -0.25) is 4.79 Å². The first-order chi connectivity index (χ1) is 12.1. The highest BCUT2D eigenvalue weighted by molar-refractivity contribution is 7.16. The molecule has 1 aromatic heterocycles. The summed E-state index contributed by atoms with van der Waals surface area (Å²) in [5.41, 5.74) is 4.02. The quantitative estimate of drug-likeness (QED) is 0.648. The topological polar surface area (TPSA) is 43.6 Å². The molecule has 0 aliphatic carbocycles. The molecule has 0 atom stereocenters. The molecule has 0 radical (unpaired) electrons. The summed E-state index contributed by atoms with van der Waals surface area (Å²) in [7, 11) is 0. The van der Waals surface area contributed by atoms with Crippen LogP contribution in [0.5, 0.6) is 0 Å². The van der Waals surface area contributed by atoms with Gasteiger partial charge in [0, 0.05) is 18.7 Å². The van der Waals surface area contributed by atoms with Gasteiger partial charge in [0.15, 0.2) is 4.80 Å². The van der Waals surface area contributed by atoms with Crippen molar-refractivity contribution in [2.24, 2.45) is 4.99 Å². The molecule has 0 spiro atoms. The van der Waals surface area contributed by atoms with Crippen LogP contribution in [0.2, 0.25) is 0 Å². The fourth-order valence-electron chi connectivity index (χ4n) is 2.63. The number of nitrogens with zero attached hydrogens (tertiary/aromatic N) is 2. The molecule has 0 aliphatic heterocycles. The summed E-state index contributed by atoms with van der Waals surface area (Å²) in [6.45, 7) is 8.00. The van der Waals surface area contributed by atoms with Crippen LogP contribution in [-0.4, -0.2) is 23.7 Å². The van der Waals surface area contributed by atoms with Gasteiger partial charge in [-0.25, -0.2) is 0 Å². The lowest BCUT2D eigenvalue weighted by atomic mass is 10.1. The van der Waals surface area contributed by atoms with Crippen LogP contribution >= 0.6 is 11.3 Å². The highest BCUT2D eigenvalue weighted by atomic mass is 32.1. The van der Waals surface area contributed by atoms with E-state index in [9.17, 15) is 4.79 Å². The maximum absolute atomic E-state index is 12.5. The molecule has 2 aromatic carbocycles. The van der Waals surface area contributed by atoms with Crippen LogP contribution in [0.25, 0.3) is 10.2 Å². The van der Waals surface area contributed by atoms with E-state index in [1.807, 2.05) is 38.1 Å². The van der Waals surface area contributed by atoms with Crippen molar-refractivity contribution >= 4 is 27.5 Å². The molecule has 0 fully saturated rings. The highest BCUT2D eigenvalue weighted by Crippen LogP contribution is 2.19. The number of ether oxygens (including phenoxy) is 1. The number of amides is 1. The Morgan fingerprint density at radius 1 is 1.12 bits per heavy atom. The number of benzene rings is 2. The number of hydrogen-bond donors (Lipinski definition) is 0. The zero-order valence-electron chi connectivity index (χ0n) is 14.8. The Bertz CT molecular complexity index is 952. The number of aromatic nitrogens is 1. The monoisotopic (exact) mass is 354 g/mol. The summed E-state index contributed by atoms with van der Waals surface area (Å²) in [6, 6.07) is 13.8. The van der Waals surface area contributed by atoms with Crippen molar-refractivity contribution in [1.29, 1.82) is 0 Å². The molecule has 1 heterocycles. The van der Waals surface area contributed by atoms with E-state index in [1.165, 1.54) is 5.56 Å². The molecule has 130 valence electrons. The van der Waals surface area contributed by atoms with E-state index >= 15 is 0 Å². The Hall–Kier alpha value is -2.24. The first-order valence-corrected chi connectivity index (χ1v) is 9.23. The fourth-order valence-corrected chi connectivity index (χ4v) is 3.78. The van der Waals surface area contributed by atoms with E-state index in [0.717, 1.165) is 15.8 Å². The normalized spacial score (nSPS) is 12.0. The molecule has 5 heteroatoms. The second-order valence-electron chi connectivity index (χ2n) is 5.99. The van der Waals surface area contributed by atoms with Gasteiger partial charge in [0.2, 0.25) is 0 Å². The Morgan fingerprint density at radius 2 is 1.84 bits per heavy atom. The molecule has 0 N–H and O–H groups in total. The molecular formula is C20H22N2O2S. The van der Waals surface area contributed by atoms with Gasteiger partial charge in [0.05, 0.1) is 16.8 Å². The number of carbonyl (C=O) groups is 1. The predicted molar refractivity (Wildman–Crippen MR) is 102 cm³/mol. The van der Waals surface area contributed by atoms with Crippen LogP contribution < -0.4 is 4.80 Å². The highest BCUT2D eigenvalue weighted by Gasteiger charge is 2.09. The number of carbonyl (C=O) groups excluding carboxylic acids is 1. The van der Waals surface area contributed by atoms with Gasteiger partial charge in [-0.15, -0.1) is 0 Å². The minimum atomic E-state index is -0.214. The summed E-state index contributed by atoms with van der Waals surface area (Å²) in [6.07, 6.45) is 0. The smallest absolute Gasteiger partial charge is 0.279 e. The van der Waals surface area contributed by atoms with E-state index in [-0.39, 0.29) is 5.91 Å². The van der Waals surface area contributed by atoms with Crippen LogP contribution in [0.4, 0.5) is 0 Å². The van der Waals surface area contributed by atoms with Crippen molar-refractivity contribution in [2.75, 3.05) is 13.2 Å². The number of fused-ring (bicyclic) bond motifs is 1. The van der Waals surface area contributed by atoms with E-state index in [1.54, 1.807) is 11.3 Å². The number of aryl methyl sites for hydroxylation is 2. The minimum Gasteiger partial charge on any atom is -0.380 e. The first-order valence-electron chi connectivity index (χ1n) is 8.42. The number of hydrogen-bond acceptors (Lipinski definition) is 3. The fraction of sp³-hybridized carbons (Fsp3) is 0.300. The Labute approximate surface area is 151 Å². The van der Waals surface area contributed by atoms with Crippen LogP contribution in [-0.2, 0) is 11.3 Å². The maximum atomic E-state index is 12.5. The summed E-state index contributed by atoms with van der Waals surface area (Å²) in [5, 5.41) is 0. The molecule has 3 aromatic rings. The number of thiazole rings is 1. The Balaban J connectivity index is 2.04. The summed E-state index contributed by atoms with van der Waals surface area (Å²) >= 11 is 1.54. The van der Waals surface area contributed by atoms with Gasteiger partial charge in [-0.2, -0.15) is 4.99 Å². The van der Waals surface area contributed by atoms with Crippen molar-refractivity contribution in [3.63, 3.8) is 0 Å². The standard InChI is InChI=1S/C20H22N2O2S/c1-4-24-12-11-22-17-10-7-15(3)13-18(17)25-20(22)21-19(23)16-8-5-14(2)6-9-16/h5-10,13H,4,11-12H2,1-3H3. The van der Waals surface area contributed by atoms with E-state index < -0.39 is 0 Å². The SMILES string of the molecule is CCOCCn1c(=NC(=O)c2ccc(C)cc2)sc2cc(C)ccc21. The minimum absolute atomic E-state index is 0.214. The second kappa shape index (κ2) is 7.76. The van der Waals surface area contributed by atoms with Crippen LogP contribution in [0.15, 0.2) is 47.5 Å². The summed E-state index contributed by atoms with van der Waals surface area (Å²) < 4.78 is 8.70. The van der Waals surface area contributed by atoms with Gasteiger partial charge in [-0.1, -0.05) is 35.1 Å². The van der Waals surface area contributed by atoms with Crippen LogP contribution in [0.1, 0.15) is 28.4 Å². The second-order valence-corrected chi connectivity index (χ2v) is 7.00. The van der Waals surface area contributed by atoms with Gasteiger partial charge in [-0.05, 0) is 50.6 Å². The molecule has 1 amide bonds. The third-order valence-electron chi connectivity index (χ3n) is 4.00. The molecule has 0 bridgehead atoms. The van der Waals surface area contributed by atoms with Gasteiger partial charge in [0.25, 0.3) is 5.91 Å². The lowest BCUT2D eigenvalue weighted by Crippen LogP contribution is -2.19. The maximum Gasteiger partial charge on any atom is 0.279 e. The van der Waals surface area contributed by atoms with Crippen LogP contribution in [0, 0.1) is 13.8 Å². The molecule has 0 unspecified atom stereocenters. The summed E-state index contributed by atoms with van der Waals surface area (Å²) in [4.78, 5) is 17.7. The Morgan fingerprint density at radius 3 is 2.56 bits per heavy atom. The van der Waals surface area contributed by atoms with Crippen molar-refractivity contribution in [2.45, 2.75) is 27.3 Å². The van der Waals surface area contributed by atoms with E-state index in [4.69, 9.17) is 4.74 Å². The average Bonchev–Trinajstić information content (AvgIpc) is 2.92. The van der Waals surface area contributed by atoms with Crippen LogP contribution in [0.3, 0.4) is 0 Å². The lowest BCUT2D eigenvalue weighted by molar-refractivity contribution is 0.0996. The third kappa shape index (κ3) is 4.06. The molecule has 4 nitrogen and oxygen atoms in total. The van der Waals surface area contributed by atoms with Gasteiger partial charge >= 0.3 is 0 Å². The summed E-state index contributed by atoms with van der Waals surface area (Å²) in [5.74, 6) is -0.214. The largest absolute Gasteiger partial charge is 0.380 e. The zero-order chi connectivity index (χ0) is 17.8. The molecule has 0 aliphatic rings. The molecular weight excluding hydrogens is 332 g/mol. The lowest BCUT2D eigenvalue weighted by Gasteiger charge is -2.05. The third-order valence-corrected chi connectivity index (χ3v) is 5.04. The van der Waals surface area contributed by atoms with E-state index in [2.05, 4.69) is 34.7 Å². The average molecular weight is 354 g/mol. The van der Waals surface area contributed by atoms with Crippen molar-refractivity contribution < 1.29 is 9.53 Å². The van der Waals surface area contributed by atoms with Crippen molar-refractivity contribution in [3.05, 3.63) is 64.0 Å². The zero-order valence-corrected chi connectivity index (χ0v) is 15.6. The van der Waals surface area contributed by atoms with Crippen molar-refractivity contribution in [3.8, 4) is 0 Å². The Kier molecular flexibility index (Phi) is 5.46. The predicted octanol–water partition coefficient (Wildman–Crippen LogP) is 4.10. The molecule has 0 saturated heterocycles. The van der Waals surface area contributed by atoms with Gasteiger partial charge < -0.3 is 9.30 Å². The van der Waals surface area contributed by atoms with E-state index in [0.29, 0.717) is 30.1 Å².